The van der Waals surface area contributed by atoms with Gasteiger partial charge in [0, 0.05) is 31.2 Å². The predicted molar refractivity (Wildman–Crippen MR) is 139 cm³/mol. The summed E-state index contributed by atoms with van der Waals surface area (Å²) in [4.78, 5) is 14.7. The Kier molecular flexibility index (Phi) is 7.84. The molecule has 1 saturated heterocycles. The topological polar surface area (TPSA) is 96.9 Å². The molecule has 34 heavy (non-hydrogen) atoms. The van der Waals surface area contributed by atoms with E-state index in [9.17, 15) is 0 Å². The SMILES string of the molecule is CCCCCC1CCN(Nc2nc(NC3CCC(N)CC3)nc3c2ncn3C2CCCC2)CC1. The normalized spacial score (nSPS) is 25.2. The van der Waals surface area contributed by atoms with Crippen LogP contribution < -0.4 is 16.5 Å². The summed E-state index contributed by atoms with van der Waals surface area (Å²) in [5.41, 5.74) is 11.6. The first-order chi connectivity index (χ1) is 16.7. The van der Waals surface area contributed by atoms with Crippen LogP contribution in [-0.4, -0.2) is 49.7 Å². The smallest absolute Gasteiger partial charge is 0.227 e. The molecule has 8 nitrogen and oxygen atoms in total. The number of unbranched alkanes of at least 4 members (excludes halogenated alkanes) is 2. The number of aromatic nitrogens is 4. The number of imidazole rings is 1. The van der Waals surface area contributed by atoms with Gasteiger partial charge in [0.1, 0.15) is 0 Å². The lowest BCUT2D eigenvalue weighted by atomic mass is 9.92. The Bertz CT molecular complexity index is 905. The molecule has 3 fully saturated rings. The number of nitrogens with two attached hydrogens (primary N) is 1. The summed E-state index contributed by atoms with van der Waals surface area (Å²) in [5.74, 6) is 2.44. The number of rotatable bonds is 9. The van der Waals surface area contributed by atoms with Crippen molar-refractivity contribution in [3.8, 4) is 0 Å². The molecule has 8 heteroatoms. The number of hydrogen-bond acceptors (Lipinski definition) is 7. The summed E-state index contributed by atoms with van der Waals surface area (Å²) in [6.45, 7) is 4.42. The van der Waals surface area contributed by atoms with E-state index >= 15 is 0 Å². The molecular formula is C26H44N8. The quantitative estimate of drug-likeness (QED) is 0.433. The van der Waals surface area contributed by atoms with E-state index in [4.69, 9.17) is 20.7 Å². The molecule has 188 valence electrons. The Labute approximate surface area is 204 Å². The second kappa shape index (κ2) is 11.2. The van der Waals surface area contributed by atoms with E-state index in [1.807, 2.05) is 6.33 Å². The molecule has 2 aromatic heterocycles. The highest BCUT2D eigenvalue weighted by molar-refractivity contribution is 5.84. The van der Waals surface area contributed by atoms with Crippen LogP contribution in [0.1, 0.15) is 103 Å². The minimum absolute atomic E-state index is 0.340. The van der Waals surface area contributed by atoms with Gasteiger partial charge in [0.05, 0.1) is 6.33 Å². The van der Waals surface area contributed by atoms with Gasteiger partial charge in [-0.2, -0.15) is 9.97 Å². The lowest BCUT2D eigenvalue weighted by molar-refractivity contribution is 0.207. The van der Waals surface area contributed by atoms with Crippen molar-refractivity contribution in [2.45, 2.75) is 115 Å². The summed E-state index contributed by atoms with van der Waals surface area (Å²) < 4.78 is 2.30. The number of fused-ring (bicyclic) bond motifs is 1. The molecule has 0 atom stereocenters. The predicted octanol–water partition coefficient (Wildman–Crippen LogP) is 5.24. The van der Waals surface area contributed by atoms with E-state index in [1.165, 1.54) is 64.2 Å². The molecule has 4 N–H and O–H groups in total. The highest BCUT2D eigenvalue weighted by atomic mass is 15.5. The molecule has 0 bridgehead atoms. The first-order valence-electron chi connectivity index (χ1n) is 14.0. The van der Waals surface area contributed by atoms with Crippen molar-refractivity contribution in [1.82, 2.24) is 24.5 Å². The minimum Gasteiger partial charge on any atom is -0.351 e. The Balaban J connectivity index is 1.32. The fraction of sp³-hybridized carbons (Fsp3) is 0.808. The molecule has 3 aliphatic rings. The van der Waals surface area contributed by atoms with Gasteiger partial charge >= 0.3 is 0 Å². The second-order valence-corrected chi connectivity index (χ2v) is 11.0. The van der Waals surface area contributed by atoms with Crippen molar-refractivity contribution in [3.05, 3.63) is 6.33 Å². The second-order valence-electron chi connectivity index (χ2n) is 11.0. The molecule has 0 amide bonds. The number of hydrazine groups is 1. The zero-order chi connectivity index (χ0) is 23.3. The molecule has 2 saturated carbocycles. The molecule has 2 aromatic rings. The van der Waals surface area contributed by atoms with Gasteiger partial charge in [0.15, 0.2) is 17.0 Å². The van der Waals surface area contributed by atoms with E-state index in [-0.39, 0.29) is 0 Å². The molecular weight excluding hydrogens is 424 g/mol. The van der Waals surface area contributed by atoms with Crippen LogP contribution in [0.5, 0.6) is 0 Å². The maximum Gasteiger partial charge on any atom is 0.227 e. The van der Waals surface area contributed by atoms with E-state index < -0.39 is 0 Å². The summed E-state index contributed by atoms with van der Waals surface area (Å²) in [6.07, 6.45) is 19.3. The molecule has 3 heterocycles. The zero-order valence-corrected chi connectivity index (χ0v) is 21.0. The van der Waals surface area contributed by atoms with Crippen molar-refractivity contribution in [1.29, 1.82) is 0 Å². The van der Waals surface area contributed by atoms with Gasteiger partial charge in [-0.3, -0.25) is 0 Å². The number of nitrogens with zero attached hydrogens (tertiary/aromatic N) is 5. The fourth-order valence-electron chi connectivity index (χ4n) is 6.12. The van der Waals surface area contributed by atoms with Crippen molar-refractivity contribution in [2.24, 2.45) is 11.7 Å². The first-order valence-corrected chi connectivity index (χ1v) is 14.0. The molecule has 5 rings (SSSR count). The van der Waals surface area contributed by atoms with Crippen LogP contribution in [0.3, 0.4) is 0 Å². The van der Waals surface area contributed by atoms with Crippen LogP contribution in [-0.2, 0) is 0 Å². The van der Waals surface area contributed by atoms with Crippen molar-refractivity contribution >= 4 is 22.9 Å². The average Bonchev–Trinajstić information content (AvgIpc) is 3.52. The fourth-order valence-corrected chi connectivity index (χ4v) is 6.12. The number of anilines is 2. The molecule has 0 aromatic carbocycles. The molecule has 0 unspecified atom stereocenters. The van der Waals surface area contributed by atoms with Gasteiger partial charge in [-0.25, -0.2) is 9.99 Å². The van der Waals surface area contributed by atoms with Crippen LogP contribution in [0.15, 0.2) is 6.33 Å². The van der Waals surface area contributed by atoms with Gasteiger partial charge in [-0.1, -0.05) is 45.4 Å². The van der Waals surface area contributed by atoms with E-state index in [1.54, 1.807) is 0 Å². The van der Waals surface area contributed by atoms with Crippen molar-refractivity contribution < 1.29 is 0 Å². The van der Waals surface area contributed by atoms with Crippen LogP contribution in [0, 0.1) is 5.92 Å². The van der Waals surface area contributed by atoms with Crippen molar-refractivity contribution in [3.63, 3.8) is 0 Å². The van der Waals surface area contributed by atoms with Gasteiger partial charge in [-0.05, 0) is 57.3 Å². The van der Waals surface area contributed by atoms with Crippen molar-refractivity contribution in [2.75, 3.05) is 23.8 Å². The number of nitrogens with one attached hydrogen (secondary N) is 2. The van der Waals surface area contributed by atoms with Crippen LogP contribution >= 0.6 is 0 Å². The van der Waals surface area contributed by atoms with Crippen LogP contribution in [0.4, 0.5) is 11.8 Å². The third kappa shape index (κ3) is 5.65. The molecule has 0 radical (unpaired) electrons. The zero-order valence-electron chi connectivity index (χ0n) is 21.0. The highest BCUT2D eigenvalue weighted by Gasteiger charge is 2.25. The Morgan fingerprint density at radius 1 is 0.971 bits per heavy atom. The molecule has 2 aliphatic carbocycles. The minimum atomic E-state index is 0.340. The summed E-state index contributed by atoms with van der Waals surface area (Å²) >= 11 is 0. The maximum atomic E-state index is 6.13. The molecule has 1 aliphatic heterocycles. The Morgan fingerprint density at radius 2 is 1.74 bits per heavy atom. The van der Waals surface area contributed by atoms with Crippen LogP contribution in [0.2, 0.25) is 0 Å². The Hall–Kier alpha value is -1.93. The molecule has 0 spiro atoms. The lowest BCUT2D eigenvalue weighted by Gasteiger charge is -2.32. The third-order valence-corrected chi connectivity index (χ3v) is 8.34. The number of hydrogen-bond donors (Lipinski definition) is 3. The first kappa shape index (κ1) is 23.8. The van der Waals surface area contributed by atoms with Gasteiger partial charge < -0.3 is 21.0 Å². The van der Waals surface area contributed by atoms with E-state index in [0.717, 1.165) is 67.6 Å². The standard InChI is InChI=1S/C26H44N8/c1-2-3-4-7-19-14-16-33(17-15-19)32-24-23-25(34(18-28-23)22-8-5-6-9-22)31-26(30-24)29-21-12-10-20(27)11-13-21/h18-22H,2-17,27H2,1H3,(H2,29,30,31,32). The highest BCUT2D eigenvalue weighted by Crippen LogP contribution is 2.34. The maximum absolute atomic E-state index is 6.13. The third-order valence-electron chi connectivity index (χ3n) is 8.34. The lowest BCUT2D eigenvalue weighted by Crippen LogP contribution is -2.38. The Morgan fingerprint density at radius 3 is 2.47 bits per heavy atom. The van der Waals surface area contributed by atoms with Crippen LogP contribution in [0.25, 0.3) is 11.2 Å². The van der Waals surface area contributed by atoms with E-state index in [0.29, 0.717) is 18.1 Å². The monoisotopic (exact) mass is 468 g/mol. The van der Waals surface area contributed by atoms with Gasteiger partial charge in [-0.15, -0.1) is 0 Å². The van der Waals surface area contributed by atoms with E-state index in [2.05, 4.69) is 27.2 Å². The largest absolute Gasteiger partial charge is 0.351 e. The van der Waals surface area contributed by atoms with Gasteiger partial charge in [0.2, 0.25) is 5.95 Å². The average molecular weight is 469 g/mol. The summed E-state index contributed by atoms with van der Waals surface area (Å²) in [5, 5.41) is 5.98. The summed E-state index contributed by atoms with van der Waals surface area (Å²) in [7, 11) is 0. The van der Waals surface area contributed by atoms with Gasteiger partial charge in [0.25, 0.3) is 0 Å². The summed E-state index contributed by atoms with van der Waals surface area (Å²) in [6, 6.07) is 1.24. The number of piperidine rings is 1.